The number of methoxy groups -OCH3 is 2. The van der Waals surface area contributed by atoms with Gasteiger partial charge in [-0.1, -0.05) is 29.4 Å². The number of anilines is 1. The third-order valence-corrected chi connectivity index (χ3v) is 4.94. The predicted molar refractivity (Wildman–Crippen MR) is 104 cm³/mol. The maximum absolute atomic E-state index is 12.2. The van der Waals surface area contributed by atoms with Gasteiger partial charge in [-0.2, -0.15) is 0 Å². The summed E-state index contributed by atoms with van der Waals surface area (Å²) in [5, 5.41) is 16.3. The smallest absolute Gasteiger partial charge is 0.260 e. The third-order valence-electron chi connectivity index (χ3n) is 3.68. The topological polar surface area (TPSA) is 79.8 Å². The lowest BCUT2D eigenvalue weighted by Gasteiger charge is -2.15. The summed E-state index contributed by atoms with van der Waals surface area (Å²) < 4.78 is 10.4. The Morgan fingerprint density at radius 2 is 1.96 bits per heavy atom. The SMILES string of the molecule is COc1cc(/C=C2\SC(Nc3cc(Cl)ccc3OC)NC2=O)ccc1O. The highest BCUT2D eigenvalue weighted by molar-refractivity contribution is 8.05. The second-order valence-corrected chi connectivity index (χ2v) is 6.98. The highest BCUT2D eigenvalue weighted by Crippen LogP contribution is 2.35. The number of benzene rings is 2. The van der Waals surface area contributed by atoms with Crippen LogP contribution in [-0.2, 0) is 4.79 Å². The molecule has 6 nitrogen and oxygen atoms in total. The summed E-state index contributed by atoms with van der Waals surface area (Å²) in [6.45, 7) is 0. The predicted octanol–water partition coefficient (Wildman–Crippen LogP) is 3.66. The molecule has 26 heavy (non-hydrogen) atoms. The van der Waals surface area contributed by atoms with Crippen LogP contribution in [0.2, 0.25) is 5.02 Å². The standard InChI is InChI=1S/C18H17ClN2O4S/c1-24-14-6-4-11(19)9-12(14)20-18-21-17(23)16(26-18)8-10-3-5-13(22)15(7-10)25-2/h3-9,18,20,22H,1-2H3,(H,21,23)/b16-8-. The summed E-state index contributed by atoms with van der Waals surface area (Å²) in [5.41, 5.74) is 1.07. The molecule has 1 atom stereocenters. The van der Waals surface area contributed by atoms with Crippen molar-refractivity contribution < 1.29 is 19.4 Å². The number of rotatable bonds is 5. The monoisotopic (exact) mass is 392 g/mol. The van der Waals surface area contributed by atoms with Gasteiger partial charge in [-0.25, -0.2) is 0 Å². The van der Waals surface area contributed by atoms with E-state index in [0.717, 1.165) is 5.56 Å². The summed E-state index contributed by atoms with van der Waals surface area (Å²) >= 11 is 7.37. The second kappa shape index (κ2) is 7.80. The van der Waals surface area contributed by atoms with Gasteiger partial charge in [0.05, 0.1) is 24.8 Å². The minimum absolute atomic E-state index is 0.0470. The van der Waals surface area contributed by atoms with Crippen LogP contribution in [-0.4, -0.2) is 30.7 Å². The van der Waals surface area contributed by atoms with Crippen LogP contribution >= 0.6 is 23.4 Å². The fraction of sp³-hybridized carbons (Fsp3) is 0.167. The number of halogens is 1. The Labute approximate surface area is 160 Å². The number of phenolic OH excluding ortho intramolecular Hbond substituents is 1. The van der Waals surface area contributed by atoms with Crippen molar-refractivity contribution in [1.82, 2.24) is 5.32 Å². The van der Waals surface area contributed by atoms with Crippen LogP contribution in [0.15, 0.2) is 41.3 Å². The molecule has 2 aromatic carbocycles. The zero-order chi connectivity index (χ0) is 18.7. The largest absolute Gasteiger partial charge is 0.504 e. The van der Waals surface area contributed by atoms with Crippen molar-refractivity contribution in [3.63, 3.8) is 0 Å². The van der Waals surface area contributed by atoms with Crippen LogP contribution in [0.25, 0.3) is 6.08 Å². The van der Waals surface area contributed by atoms with Crippen LogP contribution in [0.3, 0.4) is 0 Å². The summed E-state index contributed by atoms with van der Waals surface area (Å²) in [4.78, 5) is 12.8. The number of ether oxygens (including phenoxy) is 2. The van der Waals surface area contributed by atoms with Gasteiger partial charge in [0, 0.05) is 5.02 Å². The molecule has 0 spiro atoms. The van der Waals surface area contributed by atoms with Gasteiger partial charge in [-0.05, 0) is 42.0 Å². The number of carbonyl (C=O) groups excluding carboxylic acids is 1. The van der Waals surface area contributed by atoms with Gasteiger partial charge in [0.1, 0.15) is 5.75 Å². The maximum Gasteiger partial charge on any atom is 0.260 e. The van der Waals surface area contributed by atoms with E-state index in [4.69, 9.17) is 21.1 Å². The number of hydrogen-bond acceptors (Lipinski definition) is 6. The summed E-state index contributed by atoms with van der Waals surface area (Å²) in [6, 6.07) is 10.1. The summed E-state index contributed by atoms with van der Waals surface area (Å²) in [6.07, 6.45) is 1.73. The van der Waals surface area contributed by atoms with Crippen LogP contribution in [0, 0.1) is 0 Å². The first-order chi connectivity index (χ1) is 12.5. The second-order valence-electron chi connectivity index (χ2n) is 5.40. The Bertz CT molecular complexity index is 872. The lowest BCUT2D eigenvalue weighted by Crippen LogP contribution is -2.31. The number of phenols is 1. The summed E-state index contributed by atoms with van der Waals surface area (Å²) in [7, 11) is 3.04. The molecule has 1 saturated heterocycles. The van der Waals surface area contributed by atoms with Crippen LogP contribution < -0.4 is 20.1 Å². The highest BCUT2D eigenvalue weighted by atomic mass is 35.5. The number of amides is 1. The molecule has 1 aliphatic heterocycles. The fourth-order valence-electron chi connectivity index (χ4n) is 2.43. The van der Waals surface area contributed by atoms with Gasteiger partial charge in [0.15, 0.2) is 17.0 Å². The van der Waals surface area contributed by atoms with Crippen molar-refractivity contribution in [3.05, 3.63) is 51.9 Å². The molecular formula is C18H17ClN2O4S. The number of hydrogen-bond donors (Lipinski definition) is 3. The van der Waals surface area contributed by atoms with Gasteiger partial charge >= 0.3 is 0 Å². The molecule has 1 unspecified atom stereocenters. The van der Waals surface area contributed by atoms with Gasteiger partial charge in [-0.3, -0.25) is 4.79 Å². The molecule has 136 valence electrons. The first-order valence-corrected chi connectivity index (χ1v) is 8.92. The normalized spacial score (nSPS) is 17.9. The lowest BCUT2D eigenvalue weighted by atomic mass is 10.2. The van der Waals surface area contributed by atoms with Crippen molar-refractivity contribution in [3.8, 4) is 17.2 Å². The Hall–Kier alpha value is -2.51. The van der Waals surface area contributed by atoms with E-state index in [2.05, 4.69) is 10.6 Å². The highest BCUT2D eigenvalue weighted by Gasteiger charge is 2.27. The number of aromatic hydroxyl groups is 1. The molecule has 0 bridgehead atoms. The zero-order valence-corrected chi connectivity index (χ0v) is 15.6. The number of carbonyl (C=O) groups is 1. The number of thioether (sulfide) groups is 1. The van der Waals surface area contributed by atoms with Gasteiger partial charge in [-0.15, -0.1) is 0 Å². The van der Waals surface area contributed by atoms with Crippen LogP contribution in [0.1, 0.15) is 5.56 Å². The average molecular weight is 393 g/mol. The Balaban J connectivity index is 1.78. The number of nitrogens with one attached hydrogen (secondary N) is 2. The van der Waals surface area contributed by atoms with E-state index in [1.165, 1.54) is 24.9 Å². The molecule has 1 fully saturated rings. The molecular weight excluding hydrogens is 376 g/mol. The zero-order valence-electron chi connectivity index (χ0n) is 14.1. The van der Waals surface area contributed by atoms with Crippen molar-refractivity contribution in [1.29, 1.82) is 0 Å². The van der Waals surface area contributed by atoms with E-state index >= 15 is 0 Å². The fourth-order valence-corrected chi connectivity index (χ4v) is 3.58. The van der Waals surface area contributed by atoms with E-state index < -0.39 is 0 Å². The quantitative estimate of drug-likeness (QED) is 0.674. The van der Waals surface area contributed by atoms with Gasteiger partial charge in [0.2, 0.25) is 0 Å². The molecule has 3 N–H and O–H groups in total. The van der Waals surface area contributed by atoms with E-state index in [0.29, 0.717) is 27.1 Å². The third kappa shape index (κ3) is 4.00. The minimum atomic E-state index is -0.361. The van der Waals surface area contributed by atoms with E-state index in [-0.39, 0.29) is 17.2 Å². The molecule has 0 saturated carbocycles. The molecule has 2 aromatic rings. The molecule has 0 radical (unpaired) electrons. The maximum atomic E-state index is 12.2. The average Bonchev–Trinajstić information content (AvgIpc) is 2.96. The van der Waals surface area contributed by atoms with Crippen molar-refractivity contribution >= 4 is 41.0 Å². The molecule has 1 aliphatic rings. The van der Waals surface area contributed by atoms with Crippen molar-refractivity contribution in [2.45, 2.75) is 5.50 Å². The molecule has 1 amide bonds. The Morgan fingerprint density at radius 3 is 2.69 bits per heavy atom. The molecule has 0 aromatic heterocycles. The lowest BCUT2D eigenvalue weighted by molar-refractivity contribution is -0.116. The van der Waals surface area contributed by atoms with E-state index in [1.54, 1.807) is 43.5 Å². The van der Waals surface area contributed by atoms with E-state index in [9.17, 15) is 9.90 Å². The molecule has 1 heterocycles. The van der Waals surface area contributed by atoms with Crippen molar-refractivity contribution in [2.24, 2.45) is 0 Å². The molecule has 3 rings (SSSR count). The van der Waals surface area contributed by atoms with Crippen LogP contribution in [0.5, 0.6) is 17.2 Å². The first kappa shape index (κ1) is 18.3. The Morgan fingerprint density at radius 1 is 1.19 bits per heavy atom. The van der Waals surface area contributed by atoms with Gasteiger partial charge in [0.25, 0.3) is 5.91 Å². The first-order valence-electron chi connectivity index (χ1n) is 7.66. The minimum Gasteiger partial charge on any atom is -0.504 e. The summed E-state index contributed by atoms with van der Waals surface area (Å²) in [5.74, 6) is 0.831. The Kier molecular flexibility index (Phi) is 5.49. The van der Waals surface area contributed by atoms with Gasteiger partial charge < -0.3 is 25.2 Å². The van der Waals surface area contributed by atoms with Crippen LogP contribution in [0.4, 0.5) is 5.69 Å². The molecule has 0 aliphatic carbocycles. The molecule has 8 heteroatoms. The van der Waals surface area contributed by atoms with E-state index in [1.807, 2.05) is 0 Å². The van der Waals surface area contributed by atoms with Crippen molar-refractivity contribution in [2.75, 3.05) is 19.5 Å².